The molecule has 0 aliphatic carbocycles. The summed E-state index contributed by atoms with van der Waals surface area (Å²) in [5.74, 6) is 0. The van der Waals surface area contributed by atoms with Crippen LogP contribution in [0.4, 0.5) is 5.69 Å². The molecule has 0 atom stereocenters. The fourth-order valence-corrected chi connectivity index (χ4v) is 1.01. The highest BCUT2D eigenvalue weighted by molar-refractivity contribution is 7.78. The molecule has 3 heteroatoms. The van der Waals surface area contributed by atoms with Gasteiger partial charge in [-0.05, 0) is 29.9 Å². The lowest BCUT2D eigenvalue weighted by molar-refractivity contribution is 0.343. The molecule has 0 spiro atoms. The van der Waals surface area contributed by atoms with Gasteiger partial charge in [-0.15, -0.1) is 0 Å². The molecule has 0 aliphatic rings. The van der Waals surface area contributed by atoms with Crippen LogP contribution in [0.2, 0.25) is 0 Å². The van der Waals surface area contributed by atoms with E-state index >= 15 is 0 Å². The minimum atomic E-state index is 0.0554. The largest absolute Gasteiger partial charge is 0.392 e. The standard InChI is InChI=1S/C10H9NOS/c12-7-1-2-9-3-5-10(6-4-9)11-8-13/h1-6,12H,7H2. The number of rotatable bonds is 3. The Morgan fingerprint density at radius 3 is 2.62 bits per heavy atom. The first-order valence-corrected chi connectivity index (χ1v) is 4.23. The molecule has 1 aromatic rings. The Kier molecular flexibility index (Phi) is 4.06. The second-order valence-corrected chi connectivity index (χ2v) is 2.56. The van der Waals surface area contributed by atoms with Crippen LogP contribution in [0, 0.1) is 0 Å². The topological polar surface area (TPSA) is 32.6 Å². The molecule has 0 unspecified atom stereocenters. The van der Waals surface area contributed by atoms with Gasteiger partial charge in [0.15, 0.2) is 0 Å². The smallest absolute Gasteiger partial charge is 0.0739 e. The van der Waals surface area contributed by atoms with Crippen molar-refractivity contribution in [2.75, 3.05) is 6.61 Å². The second-order valence-electron chi connectivity index (χ2n) is 2.38. The highest BCUT2D eigenvalue weighted by Gasteiger charge is 1.87. The number of thiocarbonyl (C=S) groups is 1. The Hall–Kier alpha value is -1.28. The zero-order chi connectivity index (χ0) is 9.52. The zero-order valence-electron chi connectivity index (χ0n) is 6.97. The molecule has 1 rings (SSSR count). The van der Waals surface area contributed by atoms with Gasteiger partial charge >= 0.3 is 0 Å². The highest BCUT2D eigenvalue weighted by atomic mass is 32.1. The van der Waals surface area contributed by atoms with E-state index in [-0.39, 0.29) is 6.61 Å². The molecular formula is C10H9NOS. The summed E-state index contributed by atoms with van der Waals surface area (Å²) in [4.78, 5) is 3.82. The van der Waals surface area contributed by atoms with E-state index in [9.17, 15) is 0 Å². The number of hydrogen-bond donors (Lipinski definition) is 1. The average molecular weight is 191 g/mol. The van der Waals surface area contributed by atoms with Crippen LogP contribution < -0.4 is 0 Å². The maximum atomic E-state index is 8.54. The third-order valence-corrected chi connectivity index (χ3v) is 1.57. The quantitative estimate of drug-likeness (QED) is 0.588. The third kappa shape index (κ3) is 3.30. The Morgan fingerprint density at radius 1 is 1.38 bits per heavy atom. The van der Waals surface area contributed by atoms with Crippen molar-refractivity contribution in [3.8, 4) is 0 Å². The van der Waals surface area contributed by atoms with Gasteiger partial charge in [0.05, 0.1) is 17.5 Å². The molecule has 0 amide bonds. The van der Waals surface area contributed by atoms with Gasteiger partial charge in [0, 0.05) is 0 Å². The van der Waals surface area contributed by atoms with Crippen LogP contribution in [-0.2, 0) is 0 Å². The summed E-state index contributed by atoms with van der Waals surface area (Å²) in [6, 6.07) is 7.49. The van der Waals surface area contributed by atoms with Crippen molar-refractivity contribution in [2.24, 2.45) is 4.99 Å². The molecule has 0 fully saturated rings. The Balaban J connectivity index is 2.80. The Labute approximate surface area is 82.2 Å². The van der Waals surface area contributed by atoms with E-state index in [1.807, 2.05) is 30.3 Å². The number of hydrogen-bond acceptors (Lipinski definition) is 3. The van der Waals surface area contributed by atoms with Gasteiger partial charge in [0.1, 0.15) is 0 Å². The van der Waals surface area contributed by atoms with E-state index in [1.165, 1.54) is 0 Å². The minimum absolute atomic E-state index is 0.0554. The van der Waals surface area contributed by atoms with E-state index in [0.29, 0.717) is 0 Å². The molecule has 0 saturated heterocycles. The Bertz CT molecular complexity index is 336. The van der Waals surface area contributed by atoms with Crippen molar-refractivity contribution >= 4 is 29.1 Å². The molecule has 0 aliphatic heterocycles. The van der Waals surface area contributed by atoms with Crippen molar-refractivity contribution < 1.29 is 5.11 Å². The molecule has 0 radical (unpaired) electrons. The van der Waals surface area contributed by atoms with Gasteiger partial charge in [-0.25, -0.2) is 0 Å². The first kappa shape index (κ1) is 9.81. The molecule has 0 saturated carbocycles. The van der Waals surface area contributed by atoms with Crippen LogP contribution in [-0.4, -0.2) is 16.9 Å². The van der Waals surface area contributed by atoms with Gasteiger partial charge in [0.2, 0.25) is 0 Å². The van der Waals surface area contributed by atoms with Crippen LogP contribution in [0.25, 0.3) is 6.08 Å². The number of nitrogens with zero attached hydrogens (tertiary/aromatic N) is 1. The molecule has 0 aromatic heterocycles. The number of aliphatic imine (C=N–C) groups is 1. The third-order valence-electron chi connectivity index (χ3n) is 1.48. The van der Waals surface area contributed by atoms with E-state index in [4.69, 9.17) is 5.11 Å². The summed E-state index contributed by atoms with van der Waals surface area (Å²) in [5, 5.41) is 10.8. The van der Waals surface area contributed by atoms with E-state index in [2.05, 4.69) is 22.4 Å². The summed E-state index contributed by atoms with van der Waals surface area (Å²) in [5.41, 5.74) is 1.81. The summed E-state index contributed by atoms with van der Waals surface area (Å²) in [6.07, 6.45) is 3.52. The molecule has 66 valence electrons. The molecule has 0 heterocycles. The van der Waals surface area contributed by atoms with Gasteiger partial charge in [-0.3, -0.25) is 0 Å². The number of aliphatic hydroxyl groups is 1. The molecule has 2 nitrogen and oxygen atoms in total. The van der Waals surface area contributed by atoms with Crippen LogP contribution in [0.3, 0.4) is 0 Å². The lowest BCUT2D eigenvalue weighted by Gasteiger charge is -1.93. The van der Waals surface area contributed by atoms with Gasteiger partial charge in [0.25, 0.3) is 0 Å². The van der Waals surface area contributed by atoms with E-state index in [0.717, 1.165) is 11.3 Å². The number of isothiocyanates is 1. The second kappa shape index (κ2) is 5.38. The van der Waals surface area contributed by atoms with E-state index in [1.54, 1.807) is 6.08 Å². The predicted octanol–water partition coefficient (Wildman–Crippen LogP) is 2.43. The van der Waals surface area contributed by atoms with Crippen molar-refractivity contribution in [1.29, 1.82) is 0 Å². The fraction of sp³-hybridized carbons (Fsp3) is 0.100. The zero-order valence-corrected chi connectivity index (χ0v) is 7.79. The Morgan fingerprint density at radius 2 is 2.08 bits per heavy atom. The average Bonchev–Trinajstić information content (AvgIpc) is 2.17. The van der Waals surface area contributed by atoms with Crippen LogP contribution in [0.1, 0.15) is 5.56 Å². The van der Waals surface area contributed by atoms with Crippen molar-refractivity contribution in [3.05, 3.63) is 35.9 Å². The fourth-order valence-electron chi connectivity index (χ4n) is 0.901. The van der Waals surface area contributed by atoms with Gasteiger partial charge in [-0.2, -0.15) is 4.99 Å². The van der Waals surface area contributed by atoms with Crippen LogP contribution in [0.15, 0.2) is 35.3 Å². The summed E-state index contributed by atoms with van der Waals surface area (Å²) in [7, 11) is 0. The van der Waals surface area contributed by atoms with Crippen molar-refractivity contribution in [3.63, 3.8) is 0 Å². The first-order chi connectivity index (χ1) is 6.36. The summed E-state index contributed by atoms with van der Waals surface area (Å²) < 4.78 is 0. The van der Waals surface area contributed by atoms with Crippen molar-refractivity contribution in [1.82, 2.24) is 0 Å². The summed E-state index contributed by atoms with van der Waals surface area (Å²) >= 11 is 4.47. The lowest BCUT2D eigenvalue weighted by Crippen LogP contribution is -1.73. The monoisotopic (exact) mass is 191 g/mol. The molecule has 1 N–H and O–H groups in total. The minimum Gasteiger partial charge on any atom is -0.392 e. The number of benzene rings is 1. The maximum Gasteiger partial charge on any atom is 0.0739 e. The lowest BCUT2D eigenvalue weighted by atomic mass is 10.2. The first-order valence-electron chi connectivity index (χ1n) is 3.82. The normalized spacial score (nSPS) is 9.92. The molecule has 1 aromatic carbocycles. The van der Waals surface area contributed by atoms with Gasteiger partial charge < -0.3 is 5.11 Å². The van der Waals surface area contributed by atoms with Gasteiger partial charge in [-0.1, -0.05) is 24.3 Å². The van der Waals surface area contributed by atoms with Crippen LogP contribution in [0.5, 0.6) is 0 Å². The number of aliphatic hydroxyl groups excluding tert-OH is 1. The highest BCUT2D eigenvalue weighted by Crippen LogP contribution is 2.12. The van der Waals surface area contributed by atoms with E-state index < -0.39 is 0 Å². The SMILES string of the molecule is OCC=Cc1ccc(N=C=S)cc1. The van der Waals surface area contributed by atoms with Crippen molar-refractivity contribution in [2.45, 2.75) is 0 Å². The molecule has 0 bridgehead atoms. The maximum absolute atomic E-state index is 8.54. The molecule has 13 heavy (non-hydrogen) atoms. The summed E-state index contributed by atoms with van der Waals surface area (Å²) in [6.45, 7) is 0.0554. The predicted molar refractivity (Wildman–Crippen MR) is 57.2 cm³/mol. The molecular weight excluding hydrogens is 182 g/mol. The van der Waals surface area contributed by atoms with Crippen LogP contribution >= 0.6 is 12.2 Å².